The number of aromatic carboxylic acids is 1. The molecular formula is C20H16FNO3S. The predicted molar refractivity (Wildman–Crippen MR) is 101 cm³/mol. The molecule has 0 aliphatic heterocycles. The summed E-state index contributed by atoms with van der Waals surface area (Å²) in [5.74, 6) is -2.05. The predicted octanol–water partition coefficient (Wildman–Crippen LogP) is 5.12. The van der Waals surface area contributed by atoms with Crippen LogP contribution in [-0.4, -0.2) is 17.0 Å². The van der Waals surface area contributed by atoms with Crippen LogP contribution in [0.4, 0.5) is 10.1 Å². The zero-order chi connectivity index (χ0) is 18.8. The van der Waals surface area contributed by atoms with Crippen LogP contribution >= 0.6 is 11.3 Å². The number of benzene rings is 2. The van der Waals surface area contributed by atoms with E-state index in [9.17, 15) is 19.1 Å². The maximum absolute atomic E-state index is 13.0. The maximum Gasteiger partial charge on any atom is 0.339 e. The van der Waals surface area contributed by atoms with E-state index in [0.717, 1.165) is 16.7 Å². The Morgan fingerprint density at radius 3 is 2.35 bits per heavy atom. The summed E-state index contributed by atoms with van der Waals surface area (Å²) in [7, 11) is 0. The molecule has 2 N–H and O–H groups in total. The number of amides is 1. The van der Waals surface area contributed by atoms with Crippen LogP contribution in [0.3, 0.4) is 0 Å². The Balaban J connectivity index is 1.97. The molecule has 0 aliphatic rings. The second-order valence-corrected chi connectivity index (χ2v) is 6.80. The quantitative estimate of drug-likeness (QED) is 0.671. The second-order valence-electron chi connectivity index (χ2n) is 5.92. The number of nitrogens with one attached hydrogen (secondary N) is 1. The molecule has 0 unspecified atom stereocenters. The SMILES string of the molecule is Cc1ccc(-c2scc(NC(=O)c3ccc(F)cc3)c2C(=O)O)cc1C. The third kappa shape index (κ3) is 3.50. The van der Waals surface area contributed by atoms with Gasteiger partial charge in [-0.05, 0) is 54.8 Å². The van der Waals surface area contributed by atoms with Crippen molar-refractivity contribution < 1.29 is 19.1 Å². The molecule has 0 saturated heterocycles. The molecule has 3 aromatic rings. The van der Waals surface area contributed by atoms with Crippen molar-refractivity contribution >= 4 is 28.9 Å². The lowest BCUT2D eigenvalue weighted by Gasteiger charge is -2.08. The normalized spacial score (nSPS) is 10.6. The summed E-state index contributed by atoms with van der Waals surface area (Å²) < 4.78 is 13.0. The molecule has 4 nitrogen and oxygen atoms in total. The van der Waals surface area contributed by atoms with E-state index in [0.29, 0.717) is 4.88 Å². The smallest absolute Gasteiger partial charge is 0.339 e. The number of carboxylic acids is 1. The first-order valence-corrected chi connectivity index (χ1v) is 8.74. The number of anilines is 1. The first-order valence-electron chi connectivity index (χ1n) is 7.86. The van der Waals surface area contributed by atoms with Crippen LogP contribution in [0.15, 0.2) is 47.8 Å². The van der Waals surface area contributed by atoms with Crippen molar-refractivity contribution in [1.29, 1.82) is 0 Å². The van der Waals surface area contributed by atoms with Gasteiger partial charge in [-0.25, -0.2) is 9.18 Å². The van der Waals surface area contributed by atoms with Crippen LogP contribution in [0.5, 0.6) is 0 Å². The number of halogens is 1. The van der Waals surface area contributed by atoms with Crippen molar-refractivity contribution in [3.05, 3.63) is 75.9 Å². The minimum Gasteiger partial charge on any atom is -0.478 e. The molecule has 0 saturated carbocycles. The van der Waals surface area contributed by atoms with Gasteiger partial charge >= 0.3 is 5.97 Å². The summed E-state index contributed by atoms with van der Waals surface area (Å²) in [5.41, 5.74) is 3.49. The Morgan fingerprint density at radius 1 is 1.04 bits per heavy atom. The third-order valence-electron chi connectivity index (χ3n) is 4.13. The molecule has 6 heteroatoms. The van der Waals surface area contributed by atoms with Crippen molar-refractivity contribution in [3.63, 3.8) is 0 Å². The molecule has 1 aromatic heterocycles. The van der Waals surface area contributed by atoms with Crippen molar-refractivity contribution in [2.24, 2.45) is 0 Å². The molecule has 132 valence electrons. The molecule has 26 heavy (non-hydrogen) atoms. The summed E-state index contributed by atoms with van der Waals surface area (Å²) in [6.45, 7) is 3.95. The maximum atomic E-state index is 13.0. The van der Waals surface area contributed by atoms with Crippen LogP contribution in [0, 0.1) is 19.7 Å². The van der Waals surface area contributed by atoms with Crippen molar-refractivity contribution in [3.8, 4) is 10.4 Å². The van der Waals surface area contributed by atoms with E-state index in [1.54, 1.807) is 5.38 Å². The summed E-state index contributed by atoms with van der Waals surface area (Å²) in [6, 6.07) is 10.8. The van der Waals surface area contributed by atoms with Gasteiger partial charge in [0, 0.05) is 10.9 Å². The standard InChI is InChI=1S/C20H16FNO3S/c1-11-3-4-14(9-12(11)2)18-17(20(24)25)16(10-26-18)22-19(23)13-5-7-15(21)8-6-13/h3-10H,1-2H3,(H,22,23)(H,24,25). The number of aryl methyl sites for hydroxylation is 2. The van der Waals surface area contributed by atoms with Crippen LogP contribution in [0.25, 0.3) is 10.4 Å². The van der Waals surface area contributed by atoms with Gasteiger partial charge in [-0.2, -0.15) is 0 Å². The Hall–Kier alpha value is -2.99. The lowest BCUT2D eigenvalue weighted by atomic mass is 10.0. The zero-order valence-electron chi connectivity index (χ0n) is 14.2. The van der Waals surface area contributed by atoms with Crippen LogP contribution in [0.2, 0.25) is 0 Å². The van der Waals surface area contributed by atoms with E-state index in [4.69, 9.17) is 0 Å². The first kappa shape index (κ1) is 17.8. The van der Waals surface area contributed by atoms with E-state index < -0.39 is 17.7 Å². The number of thiophene rings is 1. The van der Waals surface area contributed by atoms with Crippen LogP contribution < -0.4 is 5.32 Å². The van der Waals surface area contributed by atoms with E-state index >= 15 is 0 Å². The molecule has 0 fully saturated rings. The van der Waals surface area contributed by atoms with Gasteiger partial charge in [-0.1, -0.05) is 18.2 Å². The minimum atomic E-state index is -1.12. The number of hydrogen-bond donors (Lipinski definition) is 2. The Bertz CT molecular complexity index is 993. The van der Waals surface area contributed by atoms with Crippen LogP contribution in [0.1, 0.15) is 31.8 Å². The molecule has 1 heterocycles. The molecule has 3 rings (SSSR count). The molecule has 0 spiro atoms. The first-order chi connectivity index (χ1) is 12.4. The highest BCUT2D eigenvalue weighted by molar-refractivity contribution is 7.14. The number of carbonyl (C=O) groups is 2. The fourth-order valence-electron chi connectivity index (χ4n) is 2.55. The van der Waals surface area contributed by atoms with Crippen molar-refractivity contribution in [1.82, 2.24) is 0 Å². The molecule has 0 aliphatic carbocycles. The molecule has 0 atom stereocenters. The highest BCUT2D eigenvalue weighted by Crippen LogP contribution is 2.37. The largest absolute Gasteiger partial charge is 0.478 e. The van der Waals surface area contributed by atoms with Gasteiger partial charge in [-0.15, -0.1) is 11.3 Å². The van der Waals surface area contributed by atoms with Crippen LogP contribution in [-0.2, 0) is 0 Å². The Morgan fingerprint density at radius 2 is 1.73 bits per heavy atom. The van der Waals surface area contributed by atoms with E-state index in [1.165, 1.54) is 35.6 Å². The number of rotatable bonds is 4. The number of hydrogen-bond acceptors (Lipinski definition) is 3. The fraction of sp³-hybridized carbons (Fsp3) is 0.100. The summed E-state index contributed by atoms with van der Waals surface area (Å²) in [5, 5.41) is 13.9. The van der Waals surface area contributed by atoms with E-state index in [2.05, 4.69) is 5.32 Å². The van der Waals surface area contributed by atoms with Crippen molar-refractivity contribution in [2.45, 2.75) is 13.8 Å². The van der Waals surface area contributed by atoms with Gasteiger partial charge in [0.05, 0.1) is 10.6 Å². The lowest BCUT2D eigenvalue weighted by molar-refractivity contribution is 0.0699. The lowest BCUT2D eigenvalue weighted by Crippen LogP contribution is -2.14. The van der Waals surface area contributed by atoms with Gasteiger partial charge in [0.25, 0.3) is 5.91 Å². The average molecular weight is 369 g/mol. The Labute approximate surface area is 153 Å². The molecule has 0 bridgehead atoms. The summed E-state index contributed by atoms with van der Waals surface area (Å²) >= 11 is 1.26. The number of carbonyl (C=O) groups excluding carboxylic acids is 1. The van der Waals surface area contributed by atoms with E-state index in [1.807, 2.05) is 32.0 Å². The second kappa shape index (κ2) is 7.09. The van der Waals surface area contributed by atoms with Gasteiger partial charge in [0.15, 0.2) is 0 Å². The highest BCUT2D eigenvalue weighted by atomic mass is 32.1. The third-order valence-corrected chi connectivity index (χ3v) is 5.16. The fourth-order valence-corrected chi connectivity index (χ4v) is 3.54. The number of carboxylic acid groups (broad SMARTS) is 1. The Kier molecular flexibility index (Phi) is 4.86. The van der Waals surface area contributed by atoms with Gasteiger partial charge in [-0.3, -0.25) is 4.79 Å². The average Bonchev–Trinajstić information content (AvgIpc) is 3.01. The van der Waals surface area contributed by atoms with Gasteiger partial charge in [0.1, 0.15) is 11.4 Å². The molecule has 1 amide bonds. The van der Waals surface area contributed by atoms with Crippen molar-refractivity contribution in [2.75, 3.05) is 5.32 Å². The highest BCUT2D eigenvalue weighted by Gasteiger charge is 2.21. The van der Waals surface area contributed by atoms with E-state index in [-0.39, 0.29) is 16.8 Å². The molecule has 2 aromatic carbocycles. The van der Waals surface area contributed by atoms with Gasteiger partial charge in [0.2, 0.25) is 0 Å². The molecular weight excluding hydrogens is 353 g/mol. The summed E-state index contributed by atoms with van der Waals surface area (Å²) in [4.78, 5) is 24.7. The molecule has 0 radical (unpaired) electrons. The summed E-state index contributed by atoms with van der Waals surface area (Å²) in [6.07, 6.45) is 0. The van der Waals surface area contributed by atoms with Gasteiger partial charge < -0.3 is 10.4 Å². The minimum absolute atomic E-state index is 0.0497. The monoisotopic (exact) mass is 369 g/mol. The zero-order valence-corrected chi connectivity index (χ0v) is 15.0. The topological polar surface area (TPSA) is 66.4 Å².